The van der Waals surface area contributed by atoms with Crippen LogP contribution in [-0.2, 0) is 20.1 Å². The fourth-order valence-corrected chi connectivity index (χ4v) is 3.63. The van der Waals surface area contributed by atoms with E-state index < -0.39 is 17.1 Å². The van der Waals surface area contributed by atoms with Crippen LogP contribution in [0.25, 0.3) is 11.2 Å². The molecule has 0 amide bonds. The van der Waals surface area contributed by atoms with E-state index in [4.69, 9.17) is 11.6 Å². The summed E-state index contributed by atoms with van der Waals surface area (Å²) in [6.07, 6.45) is 0. The van der Waals surface area contributed by atoms with Gasteiger partial charge in [0.2, 0.25) is 5.95 Å². The van der Waals surface area contributed by atoms with E-state index in [1.807, 2.05) is 13.8 Å². The first kappa shape index (κ1) is 18.4. The molecule has 0 saturated carbocycles. The number of aromatic nitrogens is 4. The summed E-state index contributed by atoms with van der Waals surface area (Å²) in [6, 6.07) is 4.24. The SMILES string of the molecule is CCN1N=C(C)Cn2c1nc1c2c(=O)n(Cc2c(F)cccc2Cl)c(=O)n1C. The molecule has 0 unspecified atom stereocenters. The molecule has 146 valence electrons. The van der Waals surface area contributed by atoms with Crippen molar-refractivity contribution in [1.29, 1.82) is 0 Å². The number of halogens is 2. The van der Waals surface area contributed by atoms with E-state index in [2.05, 4.69) is 10.1 Å². The van der Waals surface area contributed by atoms with Crippen LogP contribution in [0.3, 0.4) is 0 Å². The topological polar surface area (TPSA) is 77.4 Å². The molecule has 4 rings (SSSR count). The first-order valence-corrected chi connectivity index (χ1v) is 9.15. The monoisotopic (exact) mass is 404 g/mol. The van der Waals surface area contributed by atoms with Gasteiger partial charge in [0.1, 0.15) is 5.82 Å². The van der Waals surface area contributed by atoms with Crippen molar-refractivity contribution in [3.8, 4) is 0 Å². The Morgan fingerprint density at radius 2 is 2.04 bits per heavy atom. The Hall–Kier alpha value is -2.94. The second-order valence-electron chi connectivity index (χ2n) is 6.65. The van der Waals surface area contributed by atoms with Crippen LogP contribution in [0.4, 0.5) is 10.3 Å². The molecule has 2 aromatic heterocycles. The van der Waals surface area contributed by atoms with E-state index in [0.29, 0.717) is 19.0 Å². The van der Waals surface area contributed by atoms with E-state index >= 15 is 0 Å². The summed E-state index contributed by atoms with van der Waals surface area (Å²) >= 11 is 6.09. The molecule has 1 aliphatic rings. The van der Waals surface area contributed by atoms with Crippen LogP contribution in [0.15, 0.2) is 32.9 Å². The van der Waals surface area contributed by atoms with Gasteiger partial charge in [-0.2, -0.15) is 10.1 Å². The predicted molar refractivity (Wildman–Crippen MR) is 106 cm³/mol. The van der Waals surface area contributed by atoms with Gasteiger partial charge in [0.25, 0.3) is 5.56 Å². The standard InChI is InChI=1S/C18H18ClFN6O2/c1-4-26-17-21-15-14(24(17)8-10(2)22-26)16(27)25(18(28)23(15)3)9-11-12(19)6-5-7-13(11)20/h5-7H,4,8-9H2,1-3H3. The maximum atomic E-state index is 14.2. The molecule has 1 aliphatic heterocycles. The molecule has 28 heavy (non-hydrogen) atoms. The van der Waals surface area contributed by atoms with E-state index in [1.54, 1.807) is 9.58 Å². The summed E-state index contributed by atoms with van der Waals surface area (Å²) < 4.78 is 18.2. The van der Waals surface area contributed by atoms with Crippen molar-refractivity contribution >= 4 is 34.4 Å². The van der Waals surface area contributed by atoms with Gasteiger partial charge in [0.15, 0.2) is 11.2 Å². The largest absolute Gasteiger partial charge is 0.332 e. The van der Waals surface area contributed by atoms with Crippen molar-refractivity contribution in [3.63, 3.8) is 0 Å². The second kappa shape index (κ2) is 6.59. The van der Waals surface area contributed by atoms with E-state index in [0.717, 1.165) is 10.3 Å². The lowest BCUT2D eigenvalue weighted by molar-refractivity contribution is 0.582. The van der Waals surface area contributed by atoms with Gasteiger partial charge < -0.3 is 0 Å². The van der Waals surface area contributed by atoms with Gasteiger partial charge in [0, 0.05) is 24.2 Å². The summed E-state index contributed by atoms with van der Waals surface area (Å²) in [4.78, 5) is 30.5. The first-order chi connectivity index (χ1) is 13.3. The zero-order valence-corrected chi connectivity index (χ0v) is 16.4. The fourth-order valence-electron chi connectivity index (χ4n) is 3.41. The summed E-state index contributed by atoms with van der Waals surface area (Å²) in [7, 11) is 1.53. The maximum absolute atomic E-state index is 14.2. The number of imidazole rings is 1. The minimum Gasteiger partial charge on any atom is -0.297 e. The number of benzene rings is 1. The van der Waals surface area contributed by atoms with Gasteiger partial charge in [-0.3, -0.25) is 18.5 Å². The molecule has 3 aromatic rings. The van der Waals surface area contributed by atoms with Crippen LogP contribution < -0.4 is 16.3 Å². The third kappa shape index (κ3) is 2.65. The average molecular weight is 405 g/mol. The second-order valence-corrected chi connectivity index (χ2v) is 7.06. The Balaban J connectivity index is 1.99. The van der Waals surface area contributed by atoms with Crippen LogP contribution in [0.5, 0.6) is 0 Å². The Morgan fingerprint density at radius 1 is 1.29 bits per heavy atom. The smallest absolute Gasteiger partial charge is 0.297 e. The van der Waals surface area contributed by atoms with Crippen molar-refractivity contribution in [2.45, 2.75) is 26.9 Å². The normalized spacial score (nSPS) is 13.8. The molecule has 0 radical (unpaired) electrons. The lowest BCUT2D eigenvalue weighted by atomic mass is 10.2. The third-order valence-electron chi connectivity index (χ3n) is 4.80. The Morgan fingerprint density at radius 3 is 2.71 bits per heavy atom. The van der Waals surface area contributed by atoms with Gasteiger partial charge in [-0.15, -0.1) is 0 Å². The molecular formula is C18H18ClFN6O2. The molecule has 0 bridgehead atoms. The zero-order chi connectivity index (χ0) is 20.2. The lowest BCUT2D eigenvalue weighted by Gasteiger charge is -2.23. The minimum absolute atomic E-state index is 0.0917. The maximum Gasteiger partial charge on any atom is 0.332 e. The summed E-state index contributed by atoms with van der Waals surface area (Å²) in [5, 5.41) is 6.27. The highest BCUT2D eigenvalue weighted by Crippen LogP contribution is 2.24. The Labute approximate surface area is 164 Å². The van der Waals surface area contributed by atoms with Crippen LogP contribution in [0, 0.1) is 5.82 Å². The number of anilines is 1. The highest BCUT2D eigenvalue weighted by atomic mass is 35.5. The molecule has 0 atom stereocenters. The van der Waals surface area contributed by atoms with Crippen LogP contribution in [0.2, 0.25) is 5.02 Å². The minimum atomic E-state index is -0.590. The zero-order valence-electron chi connectivity index (χ0n) is 15.6. The quantitative estimate of drug-likeness (QED) is 0.668. The van der Waals surface area contributed by atoms with Crippen LogP contribution in [-0.4, -0.2) is 30.9 Å². The number of hydrazone groups is 1. The van der Waals surface area contributed by atoms with E-state index in [9.17, 15) is 14.0 Å². The summed E-state index contributed by atoms with van der Waals surface area (Å²) in [6.45, 7) is 4.46. The van der Waals surface area contributed by atoms with Crippen molar-refractivity contribution < 1.29 is 4.39 Å². The Kier molecular flexibility index (Phi) is 4.34. The molecule has 0 N–H and O–H groups in total. The van der Waals surface area contributed by atoms with Crippen LogP contribution >= 0.6 is 11.6 Å². The molecule has 0 fully saturated rings. The van der Waals surface area contributed by atoms with Crippen molar-refractivity contribution in [3.05, 3.63) is 55.4 Å². The number of aryl methyl sites for hydroxylation is 1. The average Bonchev–Trinajstić information content (AvgIpc) is 3.04. The molecule has 3 heterocycles. The Bertz CT molecular complexity index is 1240. The number of nitrogens with zero attached hydrogens (tertiary/aromatic N) is 6. The van der Waals surface area contributed by atoms with Gasteiger partial charge in [-0.25, -0.2) is 14.2 Å². The van der Waals surface area contributed by atoms with E-state index in [-0.39, 0.29) is 28.3 Å². The highest BCUT2D eigenvalue weighted by Gasteiger charge is 2.26. The summed E-state index contributed by atoms with van der Waals surface area (Å²) in [5.74, 6) is -0.0751. The number of fused-ring (bicyclic) bond motifs is 3. The van der Waals surface area contributed by atoms with Crippen LogP contribution in [0.1, 0.15) is 19.4 Å². The predicted octanol–water partition coefficient (Wildman–Crippen LogP) is 1.95. The van der Waals surface area contributed by atoms with Gasteiger partial charge >= 0.3 is 5.69 Å². The molecule has 10 heteroatoms. The molecule has 8 nitrogen and oxygen atoms in total. The molecule has 1 aromatic carbocycles. The highest BCUT2D eigenvalue weighted by molar-refractivity contribution is 6.31. The molecule has 0 saturated heterocycles. The van der Waals surface area contributed by atoms with Crippen molar-refractivity contribution in [2.24, 2.45) is 12.1 Å². The number of hydrogen-bond acceptors (Lipinski definition) is 5. The number of hydrogen-bond donors (Lipinski definition) is 0. The van der Waals surface area contributed by atoms with Crippen molar-refractivity contribution in [2.75, 3.05) is 11.6 Å². The molecular weight excluding hydrogens is 387 g/mol. The molecule has 0 aliphatic carbocycles. The summed E-state index contributed by atoms with van der Waals surface area (Å²) in [5.41, 5.74) is 0.316. The fraction of sp³-hybridized carbons (Fsp3) is 0.333. The van der Waals surface area contributed by atoms with Gasteiger partial charge in [0.05, 0.1) is 18.8 Å². The van der Waals surface area contributed by atoms with Crippen molar-refractivity contribution in [1.82, 2.24) is 18.7 Å². The number of rotatable bonds is 3. The van der Waals surface area contributed by atoms with Gasteiger partial charge in [-0.1, -0.05) is 17.7 Å². The first-order valence-electron chi connectivity index (χ1n) is 8.78. The van der Waals surface area contributed by atoms with E-state index in [1.165, 1.54) is 29.8 Å². The third-order valence-corrected chi connectivity index (χ3v) is 5.15. The lowest BCUT2D eigenvalue weighted by Crippen LogP contribution is -2.40. The van der Waals surface area contributed by atoms with Gasteiger partial charge in [-0.05, 0) is 26.0 Å². The molecule has 0 spiro atoms.